The lowest BCUT2D eigenvalue weighted by Gasteiger charge is -2.35. The summed E-state index contributed by atoms with van der Waals surface area (Å²) in [6.07, 6.45) is -0.132. The van der Waals surface area contributed by atoms with Gasteiger partial charge in [0.1, 0.15) is 6.23 Å². The summed E-state index contributed by atoms with van der Waals surface area (Å²) in [5.74, 6) is 0. The number of benzene rings is 1. The third kappa shape index (κ3) is 2.68. The van der Waals surface area contributed by atoms with Gasteiger partial charge >= 0.3 is 0 Å². The van der Waals surface area contributed by atoms with Crippen molar-refractivity contribution in [2.24, 2.45) is 0 Å². The van der Waals surface area contributed by atoms with Crippen LogP contribution < -0.4 is 0 Å². The lowest BCUT2D eigenvalue weighted by atomic mass is 10.0. The Morgan fingerprint density at radius 1 is 1.29 bits per heavy atom. The molecule has 0 amide bonds. The lowest BCUT2D eigenvalue weighted by Crippen LogP contribution is -2.41. The molecule has 1 N–H and O–H groups in total. The second-order valence-corrected chi connectivity index (χ2v) is 5.53. The van der Waals surface area contributed by atoms with E-state index in [1.807, 2.05) is 18.2 Å². The minimum absolute atomic E-state index is 0.0322. The van der Waals surface area contributed by atoms with Gasteiger partial charge in [-0.05, 0) is 26.3 Å². The average molecular weight is 235 g/mol. The van der Waals surface area contributed by atoms with Crippen molar-refractivity contribution in [2.75, 3.05) is 13.2 Å². The first-order chi connectivity index (χ1) is 8.02. The summed E-state index contributed by atoms with van der Waals surface area (Å²) in [4.78, 5) is 2.29. The quantitative estimate of drug-likeness (QED) is 0.852. The van der Waals surface area contributed by atoms with Gasteiger partial charge in [-0.15, -0.1) is 0 Å². The molecule has 1 saturated heterocycles. The summed E-state index contributed by atoms with van der Waals surface area (Å²) in [6.45, 7) is 7.37. The molecule has 2 atom stereocenters. The van der Waals surface area contributed by atoms with Gasteiger partial charge in [0.15, 0.2) is 0 Å². The highest BCUT2D eigenvalue weighted by atomic mass is 16.5. The zero-order valence-corrected chi connectivity index (χ0v) is 10.8. The van der Waals surface area contributed by atoms with Crippen LogP contribution in [0.1, 0.15) is 32.6 Å². The Labute approximate surface area is 103 Å². The van der Waals surface area contributed by atoms with E-state index in [0.717, 1.165) is 12.1 Å². The average Bonchev–Trinajstić information content (AvgIpc) is 2.74. The topological polar surface area (TPSA) is 32.7 Å². The van der Waals surface area contributed by atoms with Gasteiger partial charge in [-0.1, -0.05) is 30.3 Å². The van der Waals surface area contributed by atoms with Crippen LogP contribution in [0.25, 0.3) is 0 Å². The highest BCUT2D eigenvalue weighted by Gasteiger charge is 2.39. The molecule has 1 heterocycles. The fraction of sp³-hybridized carbons (Fsp3) is 0.571. The molecular formula is C14H21NO2. The number of rotatable bonds is 2. The van der Waals surface area contributed by atoms with Crippen LogP contribution in [0.15, 0.2) is 30.3 Å². The Morgan fingerprint density at radius 2 is 1.94 bits per heavy atom. The van der Waals surface area contributed by atoms with Crippen molar-refractivity contribution in [1.82, 2.24) is 4.90 Å². The zero-order chi connectivity index (χ0) is 12.5. The number of hydrogen-bond acceptors (Lipinski definition) is 3. The van der Waals surface area contributed by atoms with Gasteiger partial charge < -0.3 is 9.84 Å². The van der Waals surface area contributed by atoms with E-state index in [1.165, 1.54) is 0 Å². The first-order valence-electron chi connectivity index (χ1n) is 6.10. The minimum atomic E-state index is -0.0839. The smallest absolute Gasteiger partial charge is 0.137 e. The van der Waals surface area contributed by atoms with E-state index in [9.17, 15) is 5.11 Å². The van der Waals surface area contributed by atoms with E-state index >= 15 is 0 Å². The Kier molecular flexibility index (Phi) is 3.52. The molecule has 1 aromatic rings. The molecule has 1 aromatic carbocycles. The molecular weight excluding hydrogens is 214 g/mol. The third-order valence-corrected chi connectivity index (χ3v) is 3.15. The molecule has 1 aliphatic rings. The molecule has 2 rings (SSSR count). The van der Waals surface area contributed by atoms with Crippen LogP contribution in [0.4, 0.5) is 0 Å². The van der Waals surface area contributed by atoms with Crippen LogP contribution in [0.3, 0.4) is 0 Å². The first kappa shape index (κ1) is 12.6. The standard InChI is InChI=1S/C14H21NO2/c1-14(2,3)15-9-12(10-16)17-13(15)11-7-5-4-6-8-11/h4-8,12-13,16H,9-10H2,1-3H3/t12-,13-/m1/s1. The highest BCUT2D eigenvalue weighted by Crippen LogP contribution is 2.35. The minimum Gasteiger partial charge on any atom is -0.394 e. The van der Waals surface area contributed by atoms with Gasteiger partial charge in [0, 0.05) is 12.1 Å². The van der Waals surface area contributed by atoms with Crippen molar-refractivity contribution in [3.05, 3.63) is 35.9 Å². The molecule has 0 saturated carbocycles. The number of ether oxygens (including phenoxy) is 1. The maximum absolute atomic E-state index is 9.26. The van der Waals surface area contributed by atoms with Crippen molar-refractivity contribution in [2.45, 2.75) is 38.6 Å². The molecule has 0 spiro atoms. The van der Waals surface area contributed by atoms with E-state index in [1.54, 1.807) is 0 Å². The molecule has 0 aliphatic carbocycles. The number of hydrogen-bond donors (Lipinski definition) is 1. The zero-order valence-electron chi connectivity index (χ0n) is 10.8. The second kappa shape index (κ2) is 4.77. The fourth-order valence-corrected chi connectivity index (χ4v) is 2.22. The van der Waals surface area contributed by atoms with Crippen LogP contribution in [0, 0.1) is 0 Å². The summed E-state index contributed by atoms with van der Waals surface area (Å²) in [6, 6.07) is 10.2. The number of aliphatic hydroxyl groups excluding tert-OH is 1. The second-order valence-electron chi connectivity index (χ2n) is 5.53. The van der Waals surface area contributed by atoms with Gasteiger partial charge in [0.05, 0.1) is 12.7 Å². The first-order valence-corrected chi connectivity index (χ1v) is 6.10. The van der Waals surface area contributed by atoms with Crippen LogP contribution >= 0.6 is 0 Å². The predicted molar refractivity (Wildman–Crippen MR) is 67.6 cm³/mol. The third-order valence-electron chi connectivity index (χ3n) is 3.15. The lowest BCUT2D eigenvalue weighted by molar-refractivity contribution is -0.0422. The molecule has 0 bridgehead atoms. The van der Waals surface area contributed by atoms with Crippen molar-refractivity contribution in [3.63, 3.8) is 0 Å². The molecule has 3 heteroatoms. The molecule has 1 aliphatic heterocycles. The van der Waals surface area contributed by atoms with Crippen LogP contribution in [-0.4, -0.2) is 34.8 Å². The highest BCUT2D eigenvalue weighted by molar-refractivity contribution is 5.18. The maximum atomic E-state index is 9.26. The Morgan fingerprint density at radius 3 is 2.47 bits per heavy atom. The van der Waals surface area contributed by atoms with E-state index < -0.39 is 0 Å². The Balaban J connectivity index is 2.25. The molecule has 0 aromatic heterocycles. The summed E-state index contributed by atoms with van der Waals surface area (Å²) in [5, 5.41) is 9.26. The van der Waals surface area contributed by atoms with Crippen molar-refractivity contribution in [1.29, 1.82) is 0 Å². The monoisotopic (exact) mass is 235 g/mol. The van der Waals surface area contributed by atoms with Crippen molar-refractivity contribution < 1.29 is 9.84 Å². The normalized spacial score (nSPS) is 26.4. The fourth-order valence-electron chi connectivity index (χ4n) is 2.22. The van der Waals surface area contributed by atoms with Gasteiger partial charge in [-0.2, -0.15) is 0 Å². The summed E-state index contributed by atoms with van der Waals surface area (Å²) in [5.41, 5.74) is 1.18. The largest absolute Gasteiger partial charge is 0.394 e. The van der Waals surface area contributed by atoms with Crippen LogP contribution in [0.2, 0.25) is 0 Å². The van der Waals surface area contributed by atoms with Crippen molar-refractivity contribution >= 4 is 0 Å². The van der Waals surface area contributed by atoms with Gasteiger partial charge in [-0.25, -0.2) is 0 Å². The number of nitrogens with zero attached hydrogens (tertiary/aromatic N) is 1. The van der Waals surface area contributed by atoms with Gasteiger partial charge in [0.2, 0.25) is 0 Å². The van der Waals surface area contributed by atoms with E-state index in [-0.39, 0.29) is 24.5 Å². The summed E-state index contributed by atoms with van der Waals surface area (Å²) < 4.78 is 5.91. The van der Waals surface area contributed by atoms with E-state index in [0.29, 0.717) is 0 Å². The molecule has 0 unspecified atom stereocenters. The Bertz CT molecular complexity index is 358. The molecule has 0 radical (unpaired) electrons. The van der Waals surface area contributed by atoms with Gasteiger partial charge in [-0.3, -0.25) is 4.90 Å². The van der Waals surface area contributed by atoms with Gasteiger partial charge in [0.25, 0.3) is 0 Å². The van der Waals surface area contributed by atoms with E-state index in [2.05, 4.69) is 37.8 Å². The maximum Gasteiger partial charge on any atom is 0.137 e. The molecule has 1 fully saturated rings. The molecule has 3 nitrogen and oxygen atoms in total. The SMILES string of the molecule is CC(C)(C)N1C[C@H](CO)O[C@@H]1c1ccccc1. The van der Waals surface area contributed by atoms with Crippen molar-refractivity contribution in [3.8, 4) is 0 Å². The Hall–Kier alpha value is -0.900. The molecule has 17 heavy (non-hydrogen) atoms. The summed E-state index contributed by atoms with van der Waals surface area (Å²) in [7, 11) is 0. The predicted octanol–water partition coefficient (Wildman–Crippen LogP) is 2.18. The van der Waals surface area contributed by atoms with Crippen LogP contribution in [0.5, 0.6) is 0 Å². The van der Waals surface area contributed by atoms with Crippen LogP contribution in [-0.2, 0) is 4.74 Å². The summed E-state index contributed by atoms with van der Waals surface area (Å²) >= 11 is 0. The number of aliphatic hydroxyl groups is 1. The van der Waals surface area contributed by atoms with E-state index in [4.69, 9.17) is 4.74 Å². The molecule has 94 valence electrons.